The molecular weight excluding hydrogens is 509 g/mol. The molecule has 1 aliphatic rings. The number of methoxy groups -OCH3 is 1. The van der Waals surface area contributed by atoms with Gasteiger partial charge in [0.1, 0.15) is 29.4 Å². The second-order valence-corrected chi connectivity index (χ2v) is 8.89. The molecule has 38 heavy (non-hydrogen) atoms. The van der Waals surface area contributed by atoms with E-state index in [-0.39, 0.29) is 41.2 Å². The summed E-state index contributed by atoms with van der Waals surface area (Å²) >= 11 is 0. The fourth-order valence-corrected chi connectivity index (χ4v) is 4.77. The average molecular weight is 531 g/mol. The molecule has 7 nitrogen and oxygen atoms in total. The molecule has 0 radical (unpaired) electrons. The summed E-state index contributed by atoms with van der Waals surface area (Å²) in [5.41, 5.74) is 6.48. The molecule has 198 valence electrons. The van der Waals surface area contributed by atoms with Crippen LogP contribution >= 0.6 is 0 Å². The molecule has 0 bridgehead atoms. The van der Waals surface area contributed by atoms with Crippen LogP contribution in [-0.4, -0.2) is 40.7 Å². The van der Waals surface area contributed by atoms with Gasteiger partial charge in [-0.15, -0.1) is 0 Å². The van der Waals surface area contributed by atoms with Gasteiger partial charge in [-0.2, -0.15) is 13.2 Å². The summed E-state index contributed by atoms with van der Waals surface area (Å²) in [6.45, 7) is 0.948. The van der Waals surface area contributed by atoms with Gasteiger partial charge in [-0.25, -0.2) is 18.7 Å². The molecule has 12 heteroatoms. The SMILES string of the molecule is COCCn1cc(-c2ccc3c(c2F)CCN3C(=O)Cc2cc(C(F)(F)F)ccc2F)c2c(N)ncnc21. The summed E-state index contributed by atoms with van der Waals surface area (Å²) < 4.78 is 76.2. The molecule has 3 heterocycles. The summed E-state index contributed by atoms with van der Waals surface area (Å²) in [7, 11) is 1.56. The number of ether oxygens (including phenoxy) is 1. The van der Waals surface area contributed by atoms with E-state index in [0.29, 0.717) is 47.9 Å². The van der Waals surface area contributed by atoms with E-state index in [0.717, 1.165) is 0 Å². The van der Waals surface area contributed by atoms with Crippen molar-refractivity contribution in [2.24, 2.45) is 0 Å². The van der Waals surface area contributed by atoms with E-state index < -0.39 is 35.7 Å². The Labute approximate surface area is 213 Å². The highest BCUT2D eigenvalue weighted by Crippen LogP contribution is 2.40. The number of hydrogen-bond acceptors (Lipinski definition) is 5. The van der Waals surface area contributed by atoms with Crippen LogP contribution in [0.25, 0.3) is 22.2 Å². The highest BCUT2D eigenvalue weighted by atomic mass is 19.4. The molecule has 0 fully saturated rings. The Morgan fingerprint density at radius 3 is 2.66 bits per heavy atom. The van der Waals surface area contributed by atoms with Crippen LogP contribution in [0, 0.1) is 11.6 Å². The first kappa shape index (κ1) is 25.6. The number of nitrogens with zero attached hydrogens (tertiary/aromatic N) is 4. The van der Waals surface area contributed by atoms with E-state index in [1.54, 1.807) is 23.9 Å². The van der Waals surface area contributed by atoms with E-state index >= 15 is 4.39 Å². The Hall–Kier alpha value is -4.06. The quantitative estimate of drug-likeness (QED) is 0.363. The fourth-order valence-electron chi connectivity index (χ4n) is 4.77. The molecule has 1 aliphatic heterocycles. The lowest BCUT2D eigenvalue weighted by Crippen LogP contribution is -2.30. The van der Waals surface area contributed by atoms with Crippen molar-refractivity contribution in [2.75, 3.05) is 30.9 Å². The average Bonchev–Trinajstić information content (AvgIpc) is 3.47. The van der Waals surface area contributed by atoms with E-state index in [2.05, 4.69) is 9.97 Å². The number of rotatable bonds is 6. The van der Waals surface area contributed by atoms with E-state index in [1.807, 2.05) is 0 Å². The van der Waals surface area contributed by atoms with Crippen molar-refractivity contribution >= 4 is 28.4 Å². The Bertz CT molecular complexity index is 1550. The lowest BCUT2D eigenvalue weighted by atomic mass is 10.0. The van der Waals surface area contributed by atoms with E-state index in [4.69, 9.17) is 10.5 Å². The minimum Gasteiger partial charge on any atom is -0.383 e. The van der Waals surface area contributed by atoms with Gasteiger partial charge in [0.05, 0.1) is 24.0 Å². The number of fused-ring (bicyclic) bond motifs is 2. The highest BCUT2D eigenvalue weighted by Gasteiger charge is 2.33. The van der Waals surface area contributed by atoms with Crippen LogP contribution < -0.4 is 10.6 Å². The summed E-state index contributed by atoms with van der Waals surface area (Å²) in [6.07, 6.45) is -2.06. The molecule has 5 rings (SSSR count). The van der Waals surface area contributed by atoms with Crippen molar-refractivity contribution in [1.82, 2.24) is 14.5 Å². The minimum atomic E-state index is -4.67. The summed E-state index contributed by atoms with van der Waals surface area (Å²) in [5, 5.41) is 0.480. The molecule has 0 saturated heterocycles. The predicted octanol–water partition coefficient (Wildman–Crippen LogP) is 4.76. The number of halogens is 5. The normalized spacial score (nSPS) is 13.4. The third-order valence-corrected chi connectivity index (χ3v) is 6.62. The van der Waals surface area contributed by atoms with Gasteiger partial charge in [-0.3, -0.25) is 4.79 Å². The Balaban J connectivity index is 1.48. The van der Waals surface area contributed by atoms with Gasteiger partial charge in [0.15, 0.2) is 0 Å². The number of aromatic nitrogens is 3. The Morgan fingerprint density at radius 2 is 1.92 bits per heavy atom. The second kappa shape index (κ2) is 9.67. The summed E-state index contributed by atoms with van der Waals surface area (Å²) in [5.74, 6) is -1.93. The predicted molar refractivity (Wildman–Crippen MR) is 130 cm³/mol. The number of benzene rings is 2. The largest absolute Gasteiger partial charge is 0.416 e. The van der Waals surface area contributed by atoms with Crippen molar-refractivity contribution in [3.63, 3.8) is 0 Å². The van der Waals surface area contributed by atoms with Crippen LogP contribution in [0.15, 0.2) is 42.9 Å². The van der Waals surface area contributed by atoms with Crippen molar-refractivity contribution in [2.45, 2.75) is 25.6 Å². The lowest BCUT2D eigenvalue weighted by Gasteiger charge is -2.19. The monoisotopic (exact) mass is 531 g/mol. The molecule has 4 aromatic rings. The lowest BCUT2D eigenvalue weighted by molar-refractivity contribution is -0.137. The molecule has 0 spiro atoms. The highest BCUT2D eigenvalue weighted by molar-refractivity contribution is 6.02. The van der Waals surface area contributed by atoms with Gasteiger partial charge in [0.25, 0.3) is 0 Å². The number of nitrogens with two attached hydrogens (primary N) is 1. The molecule has 0 saturated carbocycles. The van der Waals surface area contributed by atoms with Crippen molar-refractivity contribution < 1.29 is 31.5 Å². The van der Waals surface area contributed by atoms with Gasteiger partial charge in [0, 0.05) is 48.8 Å². The molecule has 2 aromatic carbocycles. The minimum absolute atomic E-state index is 0.107. The zero-order valence-corrected chi connectivity index (χ0v) is 20.1. The molecule has 0 atom stereocenters. The van der Waals surface area contributed by atoms with Crippen LogP contribution in [0.5, 0.6) is 0 Å². The molecule has 2 N–H and O–H groups in total. The number of hydrogen-bond donors (Lipinski definition) is 1. The molecule has 0 unspecified atom stereocenters. The standard InChI is InChI=1S/C26H22F5N5O2/c1-38-9-8-35-12-18(22-24(32)33-13-34-25(22)35)16-3-5-20-17(23(16)28)6-7-36(20)21(37)11-14-10-15(26(29,30)31)2-4-19(14)27/h2-5,10,12-13H,6-9,11H2,1H3,(H2,32,33,34). The van der Waals surface area contributed by atoms with Gasteiger partial charge in [0.2, 0.25) is 5.91 Å². The van der Waals surface area contributed by atoms with Crippen LogP contribution in [-0.2, 0) is 35.1 Å². The maximum Gasteiger partial charge on any atom is 0.416 e. The van der Waals surface area contributed by atoms with Crippen molar-refractivity contribution in [3.05, 3.63) is 71.2 Å². The maximum absolute atomic E-state index is 15.9. The van der Waals surface area contributed by atoms with Crippen LogP contribution in [0.2, 0.25) is 0 Å². The third-order valence-electron chi connectivity index (χ3n) is 6.62. The molecule has 0 aliphatic carbocycles. The van der Waals surface area contributed by atoms with Crippen molar-refractivity contribution in [3.8, 4) is 11.1 Å². The van der Waals surface area contributed by atoms with Crippen LogP contribution in [0.3, 0.4) is 0 Å². The first-order chi connectivity index (χ1) is 18.1. The second-order valence-electron chi connectivity index (χ2n) is 8.89. The first-order valence-corrected chi connectivity index (χ1v) is 11.7. The molecular formula is C26H22F5N5O2. The zero-order chi connectivity index (χ0) is 27.2. The van der Waals surface area contributed by atoms with Gasteiger partial charge in [-0.05, 0) is 42.3 Å². The van der Waals surface area contributed by atoms with Gasteiger partial charge >= 0.3 is 6.18 Å². The first-order valence-electron chi connectivity index (χ1n) is 11.7. The number of carbonyl (C=O) groups is 1. The van der Waals surface area contributed by atoms with Crippen LogP contribution in [0.4, 0.5) is 33.5 Å². The van der Waals surface area contributed by atoms with Gasteiger partial charge < -0.3 is 19.9 Å². The van der Waals surface area contributed by atoms with Gasteiger partial charge in [-0.1, -0.05) is 0 Å². The number of anilines is 2. The molecule has 1 amide bonds. The van der Waals surface area contributed by atoms with Crippen LogP contribution in [0.1, 0.15) is 16.7 Å². The molecule has 2 aromatic heterocycles. The number of alkyl halides is 3. The van der Waals surface area contributed by atoms with E-state index in [1.165, 1.54) is 17.3 Å². The fraction of sp³-hybridized carbons (Fsp3) is 0.269. The summed E-state index contributed by atoms with van der Waals surface area (Å²) in [4.78, 5) is 22.6. The number of nitrogen functional groups attached to an aromatic ring is 1. The smallest absolute Gasteiger partial charge is 0.383 e. The Morgan fingerprint density at radius 1 is 1.13 bits per heavy atom. The summed E-state index contributed by atoms with van der Waals surface area (Å²) in [6, 6.07) is 5.01. The number of carbonyl (C=O) groups excluding carboxylic acids is 1. The van der Waals surface area contributed by atoms with Crippen molar-refractivity contribution in [1.29, 1.82) is 0 Å². The Kier molecular flexibility index (Phi) is 6.51. The van der Waals surface area contributed by atoms with E-state index in [9.17, 15) is 22.4 Å². The number of amides is 1. The topological polar surface area (TPSA) is 86.3 Å². The zero-order valence-electron chi connectivity index (χ0n) is 20.1. The third kappa shape index (κ3) is 4.44. The maximum atomic E-state index is 15.9.